The molecule has 0 saturated carbocycles. The molecule has 2 amide bonds. The van der Waals surface area contributed by atoms with Gasteiger partial charge in [0.2, 0.25) is 0 Å². The van der Waals surface area contributed by atoms with E-state index in [1.54, 1.807) is 0 Å². The molecular formula is C24H33N3O2. The zero-order valence-corrected chi connectivity index (χ0v) is 17.6. The second-order valence-electron chi connectivity index (χ2n) is 7.51. The van der Waals surface area contributed by atoms with Crippen LogP contribution in [0.2, 0.25) is 0 Å². The average Bonchev–Trinajstić information content (AvgIpc) is 2.76. The first-order chi connectivity index (χ1) is 14.2. The number of likely N-dealkylation sites (N-methyl/N-ethyl adjacent to an activating group) is 1. The third-order valence-corrected chi connectivity index (χ3v) is 5.58. The van der Waals surface area contributed by atoms with E-state index in [4.69, 9.17) is 4.74 Å². The minimum atomic E-state index is -0.0234. The Kier molecular flexibility index (Phi) is 8.08. The van der Waals surface area contributed by atoms with Crippen LogP contribution in [0.15, 0.2) is 54.6 Å². The molecular weight excluding hydrogens is 362 g/mol. The molecule has 156 valence electrons. The fourth-order valence-corrected chi connectivity index (χ4v) is 3.90. The van der Waals surface area contributed by atoms with Gasteiger partial charge in [-0.05, 0) is 37.0 Å². The number of hydrogen-bond acceptors (Lipinski definition) is 3. The van der Waals surface area contributed by atoms with Crippen molar-refractivity contribution in [3.8, 4) is 0 Å². The van der Waals surface area contributed by atoms with Gasteiger partial charge >= 0.3 is 6.03 Å². The molecule has 0 aliphatic carbocycles. The first kappa shape index (κ1) is 21.3. The van der Waals surface area contributed by atoms with Crippen molar-refractivity contribution in [2.45, 2.75) is 39.3 Å². The van der Waals surface area contributed by atoms with E-state index in [-0.39, 0.29) is 12.1 Å². The number of carbonyl (C=O) groups is 1. The highest BCUT2D eigenvalue weighted by Gasteiger charge is 2.22. The molecule has 3 rings (SSSR count). The number of benzene rings is 2. The standard InChI is InChI=1S/C24H33N3O2/c1-3-22(18-20-10-6-5-7-11-20)27(4-2)24(28)25-23-13-9-8-12-21(23)19-26-14-16-29-17-15-26/h5-13,22H,3-4,14-19H2,1-2H3,(H,25,28)/t22-/m0/s1. The molecule has 1 aliphatic rings. The molecule has 2 aromatic carbocycles. The Hall–Kier alpha value is -2.37. The average molecular weight is 396 g/mol. The number of hydrogen-bond donors (Lipinski definition) is 1. The van der Waals surface area contributed by atoms with Gasteiger partial charge in [-0.2, -0.15) is 0 Å². The highest BCUT2D eigenvalue weighted by Crippen LogP contribution is 2.20. The number of amides is 2. The third kappa shape index (κ3) is 6.05. The molecule has 1 heterocycles. The van der Waals surface area contributed by atoms with E-state index in [1.807, 2.05) is 36.1 Å². The topological polar surface area (TPSA) is 44.8 Å². The molecule has 1 fully saturated rings. The maximum absolute atomic E-state index is 13.2. The highest BCUT2D eigenvalue weighted by molar-refractivity contribution is 5.90. The van der Waals surface area contributed by atoms with Crippen LogP contribution in [0, 0.1) is 0 Å². The fourth-order valence-electron chi connectivity index (χ4n) is 3.90. The van der Waals surface area contributed by atoms with Gasteiger partial charge in [0.05, 0.1) is 13.2 Å². The molecule has 1 atom stereocenters. The molecule has 0 radical (unpaired) electrons. The summed E-state index contributed by atoms with van der Waals surface area (Å²) < 4.78 is 5.45. The summed E-state index contributed by atoms with van der Waals surface area (Å²) in [5.74, 6) is 0. The first-order valence-electron chi connectivity index (χ1n) is 10.7. The van der Waals surface area contributed by atoms with Crippen molar-refractivity contribution >= 4 is 11.7 Å². The normalized spacial score (nSPS) is 15.7. The van der Waals surface area contributed by atoms with Gasteiger partial charge in [-0.3, -0.25) is 4.90 Å². The summed E-state index contributed by atoms with van der Waals surface area (Å²) >= 11 is 0. The van der Waals surface area contributed by atoms with Gasteiger partial charge in [0.25, 0.3) is 0 Å². The molecule has 0 unspecified atom stereocenters. The lowest BCUT2D eigenvalue weighted by atomic mass is 10.0. The zero-order chi connectivity index (χ0) is 20.5. The van der Waals surface area contributed by atoms with Gasteiger partial charge in [0.1, 0.15) is 0 Å². The molecule has 29 heavy (non-hydrogen) atoms. The molecule has 5 heteroatoms. The number of morpholine rings is 1. The molecule has 1 saturated heterocycles. The molecule has 0 bridgehead atoms. The van der Waals surface area contributed by atoms with Crippen LogP contribution in [0.3, 0.4) is 0 Å². The van der Waals surface area contributed by atoms with E-state index in [1.165, 1.54) is 5.56 Å². The summed E-state index contributed by atoms with van der Waals surface area (Å²) in [6.07, 6.45) is 1.79. The SMILES string of the molecule is CC[C@@H](Cc1ccccc1)N(CC)C(=O)Nc1ccccc1CN1CCOCC1. The number of nitrogens with one attached hydrogen (secondary N) is 1. The maximum Gasteiger partial charge on any atom is 0.322 e. The van der Waals surface area contributed by atoms with Crippen molar-refractivity contribution in [3.05, 3.63) is 65.7 Å². The summed E-state index contributed by atoms with van der Waals surface area (Å²) in [4.78, 5) is 17.5. The zero-order valence-electron chi connectivity index (χ0n) is 17.6. The number of nitrogens with zero attached hydrogens (tertiary/aromatic N) is 2. The Morgan fingerprint density at radius 3 is 2.45 bits per heavy atom. The molecule has 1 N–H and O–H groups in total. The van der Waals surface area contributed by atoms with Crippen molar-refractivity contribution in [1.29, 1.82) is 0 Å². The lowest BCUT2D eigenvalue weighted by Crippen LogP contribution is -2.44. The molecule has 1 aliphatic heterocycles. The lowest BCUT2D eigenvalue weighted by Gasteiger charge is -2.31. The molecule has 0 spiro atoms. The van der Waals surface area contributed by atoms with Gasteiger partial charge < -0.3 is 15.0 Å². The first-order valence-corrected chi connectivity index (χ1v) is 10.7. The molecule has 0 aromatic heterocycles. The largest absolute Gasteiger partial charge is 0.379 e. The number of para-hydroxylation sites is 1. The van der Waals surface area contributed by atoms with Crippen LogP contribution in [-0.4, -0.2) is 54.7 Å². The van der Waals surface area contributed by atoms with Crippen LogP contribution in [0.5, 0.6) is 0 Å². The number of ether oxygens (including phenoxy) is 1. The summed E-state index contributed by atoms with van der Waals surface area (Å²) in [5, 5.41) is 3.18. The number of anilines is 1. The van der Waals surface area contributed by atoms with Gasteiger partial charge in [-0.25, -0.2) is 4.79 Å². The van der Waals surface area contributed by atoms with Crippen molar-refractivity contribution in [3.63, 3.8) is 0 Å². The highest BCUT2D eigenvalue weighted by atomic mass is 16.5. The van der Waals surface area contributed by atoms with Gasteiger partial charge in [0, 0.05) is 37.9 Å². The number of rotatable bonds is 8. The summed E-state index contributed by atoms with van der Waals surface area (Å²) in [6.45, 7) is 9.11. The van der Waals surface area contributed by atoms with Crippen LogP contribution in [0.25, 0.3) is 0 Å². The predicted octanol–water partition coefficient (Wildman–Crippen LogP) is 4.39. The van der Waals surface area contributed by atoms with Crippen LogP contribution >= 0.6 is 0 Å². The van der Waals surface area contributed by atoms with E-state index in [9.17, 15) is 4.79 Å². The quantitative estimate of drug-likeness (QED) is 0.721. The minimum Gasteiger partial charge on any atom is -0.379 e. The number of urea groups is 1. The predicted molar refractivity (Wildman–Crippen MR) is 118 cm³/mol. The van der Waals surface area contributed by atoms with E-state index >= 15 is 0 Å². The van der Waals surface area contributed by atoms with Gasteiger partial charge in [-0.15, -0.1) is 0 Å². The molecule has 2 aromatic rings. The monoisotopic (exact) mass is 395 g/mol. The second kappa shape index (κ2) is 11.0. The van der Waals surface area contributed by atoms with E-state index in [0.29, 0.717) is 6.54 Å². The fraction of sp³-hybridized carbons (Fsp3) is 0.458. The van der Waals surface area contributed by atoms with Crippen molar-refractivity contribution in [1.82, 2.24) is 9.80 Å². The van der Waals surface area contributed by atoms with Gasteiger partial charge in [0.15, 0.2) is 0 Å². The van der Waals surface area contributed by atoms with Crippen molar-refractivity contribution < 1.29 is 9.53 Å². The number of carbonyl (C=O) groups excluding carboxylic acids is 1. The van der Waals surface area contributed by atoms with Crippen LogP contribution < -0.4 is 5.32 Å². The Morgan fingerprint density at radius 1 is 1.07 bits per heavy atom. The molecule has 5 nitrogen and oxygen atoms in total. The Labute approximate surface area is 174 Å². The van der Waals surface area contributed by atoms with Crippen molar-refractivity contribution in [2.24, 2.45) is 0 Å². The maximum atomic E-state index is 13.2. The summed E-state index contributed by atoms with van der Waals surface area (Å²) in [5.41, 5.74) is 3.31. The van der Waals surface area contributed by atoms with E-state index in [2.05, 4.69) is 47.5 Å². The van der Waals surface area contributed by atoms with Crippen LogP contribution in [0.4, 0.5) is 10.5 Å². The van der Waals surface area contributed by atoms with Crippen molar-refractivity contribution in [2.75, 3.05) is 38.2 Å². The van der Waals surface area contributed by atoms with E-state index < -0.39 is 0 Å². The minimum absolute atomic E-state index is 0.0234. The third-order valence-electron chi connectivity index (χ3n) is 5.58. The van der Waals surface area contributed by atoms with Gasteiger partial charge in [-0.1, -0.05) is 55.5 Å². The summed E-state index contributed by atoms with van der Waals surface area (Å²) in [6, 6.07) is 18.7. The summed E-state index contributed by atoms with van der Waals surface area (Å²) in [7, 11) is 0. The smallest absolute Gasteiger partial charge is 0.322 e. The lowest BCUT2D eigenvalue weighted by molar-refractivity contribution is 0.0342. The Balaban J connectivity index is 1.68. The Morgan fingerprint density at radius 2 is 1.76 bits per heavy atom. The van der Waals surface area contributed by atoms with E-state index in [0.717, 1.165) is 56.9 Å². The second-order valence-corrected chi connectivity index (χ2v) is 7.51. The van der Waals surface area contributed by atoms with Crippen LogP contribution in [-0.2, 0) is 17.7 Å². The van der Waals surface area contributed by atoms with Crippen LogP contribution in [0.1, 0.15) is 31.4 Å². The Bertz CT molecular complexity index is 760.